The molecule has 1 atom stereocenters. The van der Waals surface area contributed by atoms with Gasteiger partial charge in [0, 0.05) is 10.5 Å². The maximum Gasteiger partial charge on any atom is 0.138 e. The lowest BCUT2D eigenvalue weighted by Gasteiger charge is -2.10. The Labute approximate surface area is 109 Å². The van der Waals surface area contributed by atoms with Gasteiger partial charge in [-0.05, 0) is 46.5 Å². The first-order chi connectivity index (χ1) is 8.20. The molecule has 1 aromatic heterocycles. The summed E-state index contributed by atoms with van der Waals surface area (Å²) in [6.07, 6.45) is 5.08. The van der Waals surface area contributed by atoms with E-state index in [2.05, 4.69) is 45.1 Å². The van der Waals surface area contributed by atoms with Crippen LogP contribution in [-0.4, -0.2) is 20.8 Å². The molecule has 0 aliphatic heterocycles. The lowest BCUT2D eigenvalue weighted by Crippen LogP contribution is -2.21. The molecule has 5 heteroatoms. The summed E-state index contributed by atoms with van der Waals surface area (Å²) in [4.78, 5) is 3.93. The van der Waals surface area contributed by atoms with Crippen molar-refractivity contribution in [3.8, 4) is 5.69 Å². The Hall–Kier alpha value is -1.20. The topological polar surface area (TPSA) is 56.7 Å². The molecule has 0 fully saturated rings. The van der Waals surface area contributed by atoms with Gasteiger partial charge in [0.25, 0.3) is 0 Å². The highest BCUT2D eigenvalue weighted by molar-refractivity contribution is 9.10. The third kappa shape index (κ3) is 2.92. The lowest BCUT2D eigenvalue weighted by molar-refractivity contribution is 0.646. The van der Waals surface area contributed by atoms with Crippen LogP contribution in [0.1, 0.15) is 18.9 Å². The quantitative estimate of drug-likeness (QED) is 0.941. The van der Waals surface area contributed by atoms with Gasteiger partial charge in [0.15, 0.2) is 0 Å². The monoisotopic (exact) mass is 294 g/mol. The zero-order valence-electron chi connectivity index (χ0n) is 9.68. The molecule has 0 aliphatic rings. The molecule has 1 unspecified atom stereocenters. The average molecular weight is 295 g/mol. The van der Waals surface area contributed by atoms with Crippen molar-refractivity contribution < 1.29 is 0 Å². The number of rotatable bonds is 4. The number of halogens is 1. The van der Waals surface area contributed by atoms with Crippen LogP contribution in [0.15, 0.2) is 35.3 Å². The maximum atomic E-state index is 5.94. The van der Waals surface area contributed by atoms with E-state index in [9.17, 15) is 0 Å². The summed E-state index contributed by atoms with van der Waals surface area (Å²) >= 11 is 3.55. The van der Waals surface area contributed by atoms with Gasteiger partial charge in [0.1, 0.15) is 12.7 Å². The highest BCUT2D eigenvalue weighted by Gasteiger charge is 2.06. The number of benzene rings is 1. The number of hydrogen-bond acceptors (Lipinski definition) is 3. The van der Waals surface area contributed by atoms with E-state index in [0.717, 1.165) is 23.0 Å². The Bertz CT molecular complexity index is 481. The molecule has 90 valence electrons. The summed E-state index contributed by atoms with van der Waals surface area (Å²) in [6.45, 7) is 2.10. The molecular weight excluding hydrogens is 280 g/mol. The third-order valence-electron chi connectivity index (χ3n) is 2.70. The number of aromatic nitrogens is 3. The van der Waals surface area contributed by atoms with Crippen LogP contribution < -0.4 is 5.73 Å². The molecule has 1 heterocycles. The van der Waals surface area contributed by atoms with Crippen LogP contribution in [0.3, 0.4) is 0 Å². The number of nitrogens with zero attached hydrogens (tertiary/aromatic N) is 3. The van der Waals surface area contributed by atoms with Gasteiger partial charge in [0.05, 0.1) is 5.69 Å². The van der Waals surface area contributed by atoms with Gasteiger partial charge in [-0.1, -0.05) is 13.0 Å². The van der Waals surface area contributed by atoms with Crippen molar-refractivity contribution in [1.29, 1.82) is 0 Å². The summed E-state index contributed by atoms with van der Waals surface area (Å²) in [6, 6.07) is 6.42. The first-order valence-electron chi connectivity index (χ1n) is 5.59. The van der Waals surface area contributed by atoms with Crippen molar-refractivity contribution in [3.63, 3.8) is 0 Å². The summed E-state index contributed by atoms with van der Waals surface area (Å²) < 4.78 is 2.73. The minimum Gasteiger partial charge on any atom is -0.327 e. The van der Waals surface area contributed by atoms with Gasteiger partial charge in [0.2, 0.25) is 0 Å². The van der Waals surface area contributed by atoms with Crippen molar-refractivity contribution in [2.45, 2.75) is 25.8 Å². The molecule has 2 rings (SSSR count). The second-order valence-electron chi connectivity index (χ2n) is 4.00. The van der Waals surface area contributed by atoms with Crippen molar-refractivity contribution in [3.05, 3.63) is 40.9 Å². The first kappa shape index (κ1) is 12.3. The molecule has 2 aromatic rings. The minimum atomic E-state index is 0.221. The lowest BCUT2D eigenvalue weighted by atomic mass is 10.0. The minimum absolute atomic E-state index is 0.221. The van der Waals surface area contributed by atoms with Crippen LogP contribution in [-0.2, 0) is 6.42 Å². The molecule has 2 N–H and O–H groups in total. The van der Waals surface area contributed by atoms with Gasteiger partial charge < -0.3 is 5.73 Å². The van der Waals surface area contributed by atoms with Crippen LogP contribution in [0.5, 0.6) is 0 Å². The summed E-state index contributed by atoms with van der Waals surface area (Å²) in [5.41, 5.74) is 8.16. The molecule has 0 bridgehead atoms. The fourth-order valence-corrected chi connectivity index (χ4v) is 2.25. The zero-order valence-corrected chi connectivity index (χ0v) is 11.3. The number of hydrogen-bond donors (Lipinski definition) is 1. The summed E-state index contributed by atoms with van der Waals surface area (Å²) in [5, 5.41) is 4.10. The highest BCUT2D eigenvalue weighted by Crippen LogP contribution is 2.22. The average Bonchev–Trinajstić information content (AvgIpc) is 2.82. The second-order valence-corrected chi connectivity index (χ2v) is 4.85. The molecule has 0 amide bonds. The molecule has 0 aliphatic carbocycles. The standard InChI is InChI=1S/C12H15BrN4/c1-2-10(14)5-9-3-4-12(11(13)6-9)17-8-15-7-16-17/h3-4,6-8,10H,2,5,14H2,1H3. The maximum absolute atomic E-state index is 5.94. The van der Waals surface area contributed by atoms with Gasteiger partial charge in [-0.2, -0.15) is 5.10 Å². The zero-order chi connectivity index (χ0) is 12.3. The highest BCUT2D eigenvalue weighted by atomic mass is 79.9. The molecule has 17 heavy (non-hydrogen) atoms. The van der Waals surface area contributed by atoms with E-state index in [-0.39, 0.29) is 6.04 Å². The summed E-state index contributed by atoms with van der Waals surface area (Å²) in [5.74, 6) is 0. The molecule has 0 radical (unpaired) electrons. The molecule has 0 saturated heterocycles. The van der Waals surface area contributed by atoms with Gasteiger partial charge in [-0.3, -0.25) is 0 Å². The smallest absolute Gasteiger partial charge is 0.138 e. The molecular formula is C12H15BrN4. The van der Waals surface area contributed by atoms with Crippen molar-refractivity contribution in [2.24, 2.45) is 5.73 Å². The van der Waals surface area contributed by atoms with Crippen LogP contribution >= 0.6 is 15.9 Å². The van der Waals surface area contributed by atoms with E-state index in [1.807, 2.05) is 6.07 Å². The Kier molecular flexibility index (Phi) is 3.91. The van der Waals surface area contributed by atoms with Gasteiger partial charge in [-0.15, -0.1) is 0 Å². The predicted molar refractivity (Wildman–Crippen MR) is 71.0 cm³/mol. The largest absolute Gasteiger partial charge is 0.327 e. The second kappa shape index (κ2) is 5.42. The van der Waals surface area contributed by atoms with Gasteiger partial charge in [-0.25, -0.2) is 9.67 Å². The van der Waals surface area contributed by atoms with E-state index >= 15 is 0 Å². The predicted octanol–water partition coefficient (Wildman–Crippen LogP) is 2.31. The summed E-state index contributed by atoms with van der Waals surface area (Å²) in [7, 11) is 0. The first-order valence-corrected chi connectivity index (χ1v) is 6.39. The Morgan fingerprint density at radius 2 is 2.29 bits per heavy atom. The molecule has 1 aromatic carbocycles. The van der Waals surface area contributed by atoms with Crippen LogP contribution in [0.2, 0.25) is 0 Å². The fourth-order valence-electron chi connectivity index (χ4n) is 1.64. The van der Waals surface area contributed by atoms with E-state index < -0.39 is 0 Å². The van der Waals surface area contributed by atoms with Crippen molar-refractivity contribution in [1.82, 2.24) is 14.8 Å². The third-order valence-corrected chi connectivity index (χ3v) is 3.34. The molecule has 4 nitrogen and oxygen atoms in total. The Morgan fingerprint density at radius 1 is 1.47 bits per heavy atom. The Balaban J connectivity index is 2.23. The van der Waals surface area contributed by atoms with E-state index in [0.29, 0.717) is 0 Å². The van der Waals surface area contributed by atoms with Gasteiger partial charge >= 0.3 is 0 Å². The van der Waals surface area contributed by atoms with E-state index in [4.69, 9.17) is 5.73 Å². The van der Waals surface area contributed by atoms with E-state index in [1.165, 1.54) is 11.9 Å². The number of nitrogens with two attached hydrogens (primary N) is 1. The normalized spacial score (nSPS) is 12.6. The Morgan fingerprint density at radius 3 is 2.88 bits per heavy atom. The van der Waals surface area contributed by atoms with Crippen LogP contribution in [0, 0.1) is 0 Å². The van der Waals surface area contributed by atoms with Crippen LogP contribution in [0.4, 0.5) is 0 Å². The fraction of sp³-hybridized carbons (Fsp3) is 0.333. The molecule has 0 saturated carbocycles. The SMILES string of the molecule is CCC(N)Cc1ccc(-n2cncn2)c(Br)c1. The van der Waals surface area contributed by atoms with Crippen LogP contribution in [0.25, 0.3) is 5.69 Å². The molecule has 0 spiro atoms. The van der Waals surface area contributed by atoms with Crippen molar-refractivity contribution in [2.75, 3.05) is 0 Å². The van der Waals surface area contributed by atoms with Crippen molar-refractivity contribution >= 4 is 15.9 Å². The van der Waals surface area contributed by atoms with E-state index in [1.54, 1.807) is 11.0 Å².